The first kappa shape index (κ1) is 14.0. The van der Waals surface area contributed by atoms with Crippen LogP contribution >= 0.6 is 12.4 Å². The highest BCUT2D eigenvalue weighted by Gasteiger charge is 2.23. The first-order valence-electron chi connectivity index (χ1n) is 6.12. The first-order chi connectivity index (χ1) is 8.83. The molecule has 0 bridgehead atoms. The van der Waals surface area contributed by atoms with Gasteiger partial charge in [0.1, 0.15) is 0 Å². The second-order valence-electron chi connectivity index (χ2n) is 4.60. The highest BCUT2D eigenvalue weighted by molar-refractivity contribution is 5.85. The number of benzene rings is 1. The van der Waals surface area contributed by atoms with Crippen LogP contribution in [0.2, 0.25) is 0 Å². The summed E-state index contributed by atoms with van der Waals surface area (Å²) in [5.74, 6) is 1.33. The van der Waals surface area contributed by atoms with E-state index in [1.165, 1.54) is 0 Å². The predicted molar refractivity (Wildman–Crippen MR) is 75.1 cm³/mol. The lowest BCUT2D eigenvalue weighted by Crippen LogP contribution is -2.55. The lowest BCUT2D eigenvalue weighted by atomic mass is 10.1. The molecule has 1 fully saturated rings. The van der Waals surface area contributed by atoms with Crippen molar-refractivity contribution in [2.45, 2.75) is 12.6 Å². The summed E-state index contributed by atoms with van der Waals surface area (Å²) in [5, 5.41) is 7.26. The Hall–Kier alpha value is -1.43. The molecule has 5 nitrogen and oxygen atoms in total. The van der Waals surface area contributed by atoms with Gasteiger partial charge in [0.15, 0.2) is 0 Å². The fourth-order valence-corrected chi connectivity index (χ4v) is 1.95. The number of nitrogens with one attached hydrogen (secondary N) is 1. The third-order valence-electron chi connectivity index (χ3n) is 3.27. The Morgan fingerprint density at radius 1 is 1.32 bits per heavy atom. The van der Waals surface area contributed by atoms with Gasteiger partial charge in [-0.05, 0) is 7.05 Å². The van der Waals surface area contributed by atoms with Gasteiger partial charge in [-0.1, -0.05) is 35.5 Å². The third kappa shape index (κ3) is 3.12. The van der Waals surface area contributed by atoms with Crippen LogP contribution in [0.25, 0.3) is 11.4 Å². The highest BCUT2D eigenvalue weighted by Crippen LogP contribution is 2.16. The van der Waals surface area contributed by atoms with Crippen molar-refractivity contribution in [3.05, 3.63) is 36.2 Å². The lowest BCUT2D eigenvalue weighted by molar-refractivity contribution is 0.155. The van der Waals surface area contributed by atoms with E-state index in [0.717, 1.165) is 18.7 Å². The van der Waals surface area contributed by atoms with Crippen LogP contribution in [0.1, 0.15) is 5.89 Å². The van der Waals surface area contributed by atoms with Crippen molar-refractivity contribution in [1.82, 2.24) is 20.4 Å². The van der Waals surface area contributed by atoms with Crippen LogP contribution in [0.5, 0.6) is 0 Å². The number of hydrogen-bond donors (Lipinski definition) is 1. The second-order valence-corrected chi connectivity index (χ2v) is 4.60. The molecule has 0 unspecified atom stereocenters. The average molecular weight is 281 g/mol. The molecule has 0 atom stereocenters. The molecule has 1 saturated heterocycles. The molecule has 102 valence electrons. The summed E-state index contributed by atoms with van der Waals surface area (Å²) in [6.07, 6.45) is 0. The van der Waals surface area contributed by atoms with Crippen LogP contribution in [0, 0.1) is 0 Å². The molecule has 0 amide bonds. The molecule has 2 aromatic rings. The molecule has 0 saturated carbocycles. The van der Waals surface area contributed by atoms with Gasteiger partial charge in [0, 0.05) is 24.7 Å². The predicted octanol–water partition coefficient (Wildman–Crippen LogP) is 1.56. The molecule has 1 aromatic heterocycles. The summed E-state index contributed by atoms with van der Waals surface area (Å²) in [6.45, 7) is 2.78. The van der Waals surface area contributed by atoms with E-state index in [2.05, 4.69) is 27.4 Å². The van der Waals surface area contributed by atoms with Gasteiger partial charge in [-0.2, -0.15) is 4.98 Å². The number of likely N-dealkylation sites (N-methyl/N-ethyl adjacent to an activating group) is 1. The molecule has 19 heavy (non-hydrogen) atoms. The zero-order valence-electron chi connectivity index (χ0n) is 10.7. The van der Waals surface area contributed by atoms with Crippen LogP contribution in [-0.2, 0) is 6.54 Å². The smallest absolute Gasteiger partial charge is 0.241 e. The SMILES string of the molecule is CN(Cc1nc(-c2ccccc2)no1)C1CNC1.Cl. The maximum Gasteiger partial charge on any atom is 0.241 e. The summed E-state index contributed by atoms with van der Waals surface area (Å²) in [6, 6.07) is 10.5. The Balaban J connectivity index is 0.00000133. The molecular weight excluding hydrogens is 264 g/mol. The number of nitrogens with zero attached hydrogens (tertiary/aromatic N) is 3. The van der Waals surface area contributed by atoms with E-state index in [9.17, 15) is 0 Å². The quantitative estimate of drug-likeness (QED) is 0.921. The van der Waals surface area contributed by atoms with Gasteiger partial charge in [-0.15, -0.1) is 12.4 Å². The van der Waals surface area contributed by atoms with E-state index in [0.29, 0.717) is 24.3 Å². The summed E-state index contributed by atoms with van der Waals surface area (Å²) in [7, 11) is 2.08. The summed E-state index contributed by atoms with van der Waals surface area (Å²) in [5.41, 5.74) is 0.987. The van der Waals surface area contributed by atoms with Crippen molar-refractivity contribution in [3.63, 3.8) is 0 Å². The molecule has 1 aliphatic heterocycles. The monoisotopic (exact) mass is 280 g/mol. The van der Waals surface area contributed by atoms with E-state index < -0.39 is 0 Å². The normalized spacial score (nSPS) is 15.1. The van der Waals surface area contributed by atoms with Crippen molar-refractivity contribution < 1.29 is 4.52 Å². The molecule has 2 heterocycles. The van der Waals surface area contributed by atoms with Crippen LogP contribution < -0.4 is 5.32 Å². The minimum atomic E-state index is 0. The van der Waals surface area contributed by atoms with E-state index >= 15 is 0 Å². The van der Waals surface area contributed by atoms with Gasteiger partial charge in [0.25, 0.3) is 0 Å². The number of halogens is 1. The molecule has 0 spiro atoms. The summed E-state index contributed by atoms with van der Waals surface area (Å²) >= 11 is 0. The Kier molecular flexibility index (Phi) is 4.52. The molecular formula is C13H17ClN4O. The maximum absolute atomic E-state index is 5.29. The van der Waals surface area contributed by atoms with Crippen molar-refractivity contribution in [2.24, 2.45) is 0 Å². The Morgan fingerprint density at radius 3 is 2.68 bits per heavy atom. The van der Waals surface area contributed by atoms with Crippen LogP contribution in [0.15, 0.2) is 34.9 Å². The maximum atomic E-state index is 5.29. The summed E-state index contributed by atoms with van der Waals surface area (Å²) < 4.78 is 5.29. The zero-order valence-corrected chi connectivity index (χ0v) is 11.6. The summed E-state index contributed by atoms with van der Waals surface area (Å²) in [4.78, 5) is 6.66. The van der Waals surface area contributed by atoms with Crippen LogP contribution in [0.3, 0.4) is 0 Å². The van der Waals surface area contributed by atoms with Gasteiger partial charge in [-0.3, -0.25) is 4.90 Å². The number of rotatable bonds is 4. The Bertz CT molecular complexity index is 512. The topological polar surface area (TPSA) is 54.2 Å². The zero-order chi connectivity index (χ0) is 12.4. The molecule has 1 aromatic carbocycles. The highest BCUT2D eigenvalue weighted by atomic mass is 35.5. The van der Waals surface area contributed by atoms with Gasteiger partial charge in [0.05, 0.1) is 6.54 Å². The fraction of sp³-hybridized carbons (Fsp3) is 0.385. The molecule has 0 radical (unpaired) electrons. The molecule has 1 aliphatic rings. The minimum Gasteiger partial charge on any atom is -0.338 e. The Labute approximate surface area is 118 Å². The fourth-order valence-electron chi connectivity index (χ4n) is 1.95. The van der Waals surface area contributed by atoms with Crippen LogP contribution in [0.4, 0.5) is 0 Å². The van der Waals surface area contributed by atoms with Crippen molar-refractivity contribution in [1.29, 1.82) is 0 Å². The number of hydrogen-bond acceptors (Lipinski definition) is 5. The van der Waals surface area contributed by atoms with E-state index in [-0.39, 0.29) is 12.4 Å². The van der Waals surface area contributed by atoms with Gasteiger partial charge in [-0.25, -0.2) is 0 Å². The molecule has 1 N–H and O–H groups in total. The van der Waals surface area contributed by atoms with E-state index in [1.54, 1.807) is 0 Å². The van der Waals surface area contributed by atoms with Gasteiger partial charge in [0.2, 0.25) is 11.7 Å². The average Bonchev–Trinajstić information content (AvgIpc) is 2.76. The molecule has 3 rings (SSSR count). The second kappa shape index (κ2) is 6.14. The van der Waals surface area contributed by atoms with Gasteiger partial charge < -0.3 is 9.84 Å². The largest absolute Gasteiger partial charge is 0.338 e. The lowest BCUT2D eigenvalue weighted by Gasteiger charge is -2.34. The third-order valence-corrected chi connectivity index (χ3v) is 3.27. The molecule has 6 heteroatoms. The Morgan fingerprint density at radius 2 is 2.05 bits per heavy atom. The first-order valence-corrected chi connectivity index (χ1v) is 6.12. The van der Waals surface area contributed by atoms with Crippen molar-refractivity contribution in [3.8, 4) is 11.4 Å². The number of aromatic nitrogens is 2. The van der Waals surface area contributed by atoms with E-state index in [1.807, 2.05) is 30.3 Å². The standard InChI is InChI=1S/C13H16N4O.ClH/c1-17(11-7-14-8-11)9-12-15-13(16-18-12)10-5-3-2-4-6-10;/h2-6,11,14H,7-9H2,1H3;1H. The minimum absolute atomic E-state index is 0. The van der Waals surface area contributed by atoms with Gasteiger partial charge >= 0.3 is 0 Å². The van der Waals surface area contributed by atoms with Crippen molar-refractivity contribution in [2.75, 3.05) is 20.1 Å². The molecule has 0 aliphatic carbocycles. The van der Waals surface area contributed by atoms with Crippen molar-refractivity contribution >= 4 is 12.4 Å². The van der Waals surface area contributed by atoms with Crippen LogP contribution in [-0.4, -0.2) is 41.2 Å². The van der Waals surface area contributed by atoms with E-state index in [4.69, 9.17) is 4.52 Å².